The van der Waals surface area contributed by atoms with Crippen molar-refractivity contribution in [1.29, 1.82) is 0 Å². The molecule has 0 fully saturated rings. The van der Waals surface area contributed by atoms with Crippen LogP contribution in [0.1, 0.15) is 69.2 Å². The lowest BCUT2D eigenvalue weighted by atomic mass is 9.96. The van der Waals surface area contributed by atoms with Gasteiger partial charge in [-0.15, -0.1) is 0 Å². The second kappa shape index (κ2) is 12.1. The van der Waals surface area contributed by atoms with Crippen LogP contribution in [0, 0.1) is 5.92 Å². The number of carbonyl (C=O) groups is 2. The summed E-state index contributed by atoms with van der Waals surface area (Å²) in [6.07, 6.45) is 7.12. The Morgan fingerprint density at radius 1 is 0.897 bits per heavy atom. The highest BCUT2D eigenvalue weighted by Crippen LogP contribution is 2.25. The molecule has 2 rings (SSSR count). The summed E-state index contributed by atoms with van der Waals surface area (Å²) in [7, 11) is 0. The van der Waals surface area contributed by atoms with Crippen molar-refractivity contribution in [2.45, 2.75) is 58.8 Å². The predicted molar refractivity (Wildman–Crippen MR) is 114 cm³/mol. The number of phenolic OH excluding ortho intramolecular Hbond substituents is 1. The number of hydrogen-bond donors (Lipinski definition) is 1. The highest BCUT2D eigenvalue weighted by atomic mass is 16.6. The van der Waals surface area contributed by atoms with E-state index in [0.717, 1.165) is 42.9 Å². The van der Waals surface area contributed by atoms with E-state index < -0.39 is 5.97 Å². The van der Waals surface area contributed by atoms with Crippen molar-refractivity contribution < 1.29 is 24.2 Å². The number of carbonyl (C=O) groups excluding carboxylic acids is 2. The van der Waals surface area contributed by atoms with Gasteiger partial charge in [-0.1, -0.05) is 70.2 Å². The van der Waals surface area contributed by atoms with Gasteiger partial charge in [-0.05, 0) is 35.7 Å². The highest BCUT2D eigenvalue weighted by molar-refractivity contribution is 5.98. The molecule has 0 aromatic heterocycles. The fourth-order valence-electron chi connectivity index (χ4n) is 3.41. The predicted octanol–water partition coefficient (Wildman–Crippen LogP) is 5.63. The number of hydrogen-bond acceptors (Lipinski definition) is 5. The number of esters is 2. The number of aromatic hydroxyl groups is 1. The zero-order valence-electron chi connectivity index (χ0n) is 17.5. The lowest BCUT2D eigenvalue weighted by molar-refractivity contribution is -0.150. The topological polar surface area (TPSA) is 72.8 Å². The Labute approximate surface area is 173 Å². The zero-order chi connectivity index (χ0) is 21.1. The van der Waals surface area contributed by atoms with E-state index in [-0.39, 0.29) is 36.4 Å². The van der Waals surface area contributed by atoms with Gasteiger partial charge in [0.05, 0.1) is 5.92 Å². The summed E-state index contributed by atoms with van der Waals surface area (Å²) >= 11 is 0. The first-order chi connectivity index (χ1) is 14.1. The molecule has 0 amide bonds. The SMILES string of the molecule is CCCCCC[C@@H](CCC)C(=O)OCCOC(=O)c1cc2ccccc2cc1O. The van der Waals surface area contributed by atoms with Crippen LogP contribution >= 0.6 is 0 Å². The molecule has 0 bridgehead atoms. The fraction of sp³-hybridized carbons (Fsp3) is 0.500. The Kier molecular flexibility index (Phi) is 9.48. The van der Waals surface area contributed by atoms with Crippen molar-refractivity contribution in [2.24, 2.45) is 5.92 Å². The summed E-state index contributed by atoms with van der Waals surface area (Å²) in [5.41, 5.74) is 0.106. The molecule has 1 atom stereocenters. The standard InChI is InChI=1S/C24H32O5/c1-3-5-6-7-11-18(10-4-2)23(26)28-14-15-29-24(27)21-16-19-12-8-9-13-20(19)17-22(21)25/h8-9,12-13,16-18,25H,3-7,10-11,14-15H2,1-2H3/t18-/m1/s1. The molecule has 5 nitrogen and oxygen atoms in total. The second-order valence-corrected chi connectivity index (χ2v) is 7.35. The van der Waals surface area contributed by atoms with Gasteiger partial charge in [0, 0.05) is 0 Å². The van der Waals surface area contributed by atoms with Crippen LogP contribution in [0.5, 0.6) is 5.75 Å². The Hall–Kier alpha value is -2.56. The van der Waals surface area contributed by atoms with Crippen molar-refractivity contribution in [3.8, 4) is 5.75 Å². The van der Waals surface area contributed by atoms with Crippen molar-refractivity contribution in [3.05, 3.63) is 42.0 Å². The van der Waals surface area contributed by atoms with Gasteiger partial charge in [0.25, 0.3) is 0 Å². The van der Waals surface area contributed by atoms with Gasteiger partial charge in [0.1, 0.15) is 24.5 Å². The van der Waals surface area contributed by atoms with Gasteiger partial charge in [0.2, 0.25) is 0 Å². The molecule has 2 aromatic rings. The van der Waals surface area contributed by atoms with E-state index in [1.165, 1.54) is 12.8 Å². The van der Waals surface area contributed by atoms with E-state index >= 15 is 0 Å². The van der Waals surface area contributed by atoms with Gasteiger partial charge in [-0.2, -0.15) is 0 Å². The molecule has 5 heteroatoms. The minimum absolute atomic E-state index is 0.0219. The third-order valence-electron chi connectivity index (χ3n) is 5.02. The smallest absolute Gasteiger partial charge is 0.342 e. The van der Waals surface area contributed by atoms with Crippen LogP contribution in [0.25, 0.3) is 10.8 Å². The monoisotopic (exact) mass is 400 g/mol. The Balaban J connectivity index is 1.80. The van der Waals surface area contributed by atoms with E-state index in [4.69, 9.17) is 9.47 Å². The molecule has 2 aromatic carbocycles. The van der Waals surface area contributed by atoms with Gasteiger partial charge in [0.15, 0.2) is 0 Å². The van der Waals surface area contributed by atoms with E-state index in [0.29, 0.717) is 0 Å². The second-order valence-electron chi connectivity index (χ2n) is 7.35. The highest BCUT2D eigenvalue weighted by Gasteiger charge is 2.19. The molecule has 0 aliphatic rings. The van der Waals surface area contributed by atoms with Crippen LogP contribution in [-0.2, 0) is 14.3 Å². The molecular weight excluding hydrogens is 368 g/mol. The molecule has 1 N–H and O–H groups in total. The van der Waals surface area contributed by atoms with Crippen molar-refractivity contribution >= 4 is 22.7 Å². The van der Waals surface area contributed by atoms with Crippen LogP contribution in [0.4, 0.5) is 0 Å². The molecule has 0 saturated heterocycles. The van der Waals surface area contributed by atoms with E-state index in [9.17, 15) is 14.7 Å². The Morgan fingerprint density at radius 3 is 2.28 bits per heavy atom. The van der Waals surface area contributed by atoms with E-state index in [2.05, 4.69) is 13.8 Å². The average molecular weight is 401 g/mol. The third kappa shape index (κ3) is 7.08. The van der Waals surface area contributed by atoms with Gasteiger partial charge < -0.3 is 14.6 Å². The first-order valence-electron chi connectivity index (χ1n) is 10.6. The fourth-order valence-corrected chi connectivity index (χ4v) is 3.41. The lowest BCUT2D eigenvalue weighted by Gasteiger charge is -2.15. The number of ether oxygens (including phenoxy) is 2. The largest absolute Gasteiger partial charge is 0.507 e. The molecule has 0 heterocycles. The summed E-state index contributed by atoms with van der Waals surface area (Å²) in [6.45, 7) is 4.21. The molecule has 0 unspecified atom stereocenters. The number of unbranched alkanes of at least 4 members (excludes halogenated alkanes) is 3. The number of phenols is 1. The van der Waals surface area contributed by atoms with Crippen LogP contribution in [0.2, 0.25) is 0 Å². The van der Waals surface area contributed by atoms with Crippen LogP contribution in [0.15, 0.2) is 36.4 Å². The Bertz CT molecular complexity index is 799. The minimum atomic E-state index is -0.631. The van der Waals surface area contributed by atoms with E-state index in [1.807, 2.05) is 24.3 Å². The zero-order valence-corrected chi connectivity index (χ0v) is 17.5. The lowest BCUT2D eigenvalue weighted by Crippen LogP contribution is -2.21. The molecule has 29 heavy (non-hydrogen) atoms. The molecule has 0 spiro atoms. The molecular formula is C24H32O5. The summed E-state index contributed by atoms with van der Waals surface area (Å²) in [4.78, 5) is 24.6. The summed E-state index contributed by atoms with van der Waals surface area (Å²) in [6, 6.07) is 10.6. The van der Waals surface area contributed by atoms with E-state index in [1.54, 1.807) is 12.1 Å². The van der Waals surface area contributed by atoms with Gasteiger partial charge in [-0.3, -0.25) is 4.79 Å². The molecule has 0 aliphatic heterocycles. The number of benzene rings is 2. The first-order valence-corrected chi connectivity index (χ1v) is 10.6. The molecule has 0 aliphatic carbocycles. The molecule has 158 valence electrons. The van der Waals surface area contributed by atoms with Crippen LogP contribution in [0.3, 0.4) is 0 Å². The summed E-state index contributed by atoms with van der Waals surface area (Å²) in [5, 5.41) is 11.8. The third-order valence-corrected chi connectivity index (χ3v) is 5.02. The quantitative estimate of drug-likeness (QED) is 0.369. The average Bonchev–Trinajstić information content (AvgIpc) is 2.72. The minimum Gasteiger partial charge on any atom is -0.507 e. The van der Waals surface area contributed by atoms with Crippen molar-refractivity contribution in [1.82, 2.24) is 0 Å². The maximum Gasteiger partial charge on any atom is 0.342 e. The van der Waals surface area contributed by atoms with Crippen LogP contribution in [-0.4, -0.2) is 30.3 Å². The number of fused-ring (bicyclic) bond motifs is 1. The molecule has 0 radical (unpaired) electrons. The first kappa shape index (κ1) is 22.7. The normalized spacial score (nSPS) is 11.9. The molecule has 0 saturated carbocycles. The van der Waals surface area contributed by atoms with Gasteiger partial charge in [-0.25, -0.2) is 4.79 Å². The number of rotatable bonds is 12. The summed E-state index contributed by atoms with van der Waals surface area (Å²) < 4.78 is 10.5. The summed E-state index contributed by atoms with van der Waals surface area (Å²) in [5.74, 6) is -1.06. The maximum atomic E-state index is 12.3. The maximum absolute atomic E-state index is 12.3. The Morgan fingerprint density at radius 2 is 1.59 bits per heavy atom. The van der Waals surface area contributed by atoms with Crippen molar-refractivity contribution in [3.63, 3.8) is 0 Å². The van der Waals surface area contributed by atoms with Crippen LogP contribution < -0.4 is 0 Å². The van der Waals surface area contributed by atoms with Crippen molar-refractivity contribution in [2.75, 3.05) is 13.2 Å². The van der Waals surface area contributed by atoms with Gasteiger partial charge >= 0.3 is 11.9 Å².